The van der Waals surface area contributed by atoms with Crippen molar-refractivity contribution in [2.24, 2.45) is 0 Å². The van der Waals surface area contributed by atoms with E-state index in [0.717, 1.165) is 12.5 Å². The Morgan fingerprint density at radius 2 is 2.00 bits per heavy atom. The molecule has 0 aliphatic carbocycles. The van der Waals surface area contributed by atoms with Crippen LogP contribution in [0, 0.1) is 6.92 Å². The molecule has 0 aromatic heterocycles. The topological polar surface area (TPSA) is 9.23 Å². The molecule has 0 N–H and O–H groups in total. The zero-order chi connectivity index (χ0) is 8.91. The van der Waals surface area contributed by atoms with Crippen molar-refractivity contribution in [3.05, 3.63) is 19.2 Å². The van der Waals surface area contributed by atoms with Crippen LogP contribution in [-0.4, -0.2) is 37.5 Å². The molecule has 0 amide bonds. The first-order chi connectivity index (χ1) is 5.04. The molecule has 0 aliphatic rings. The van der Waals surface area contributed by atoms with Crippen molar-refractivity contribution >= 4 is 31.4 Å². The van der Waals surface area contributed by atoms with Gasteiger partial charge in [0.15, 0.2) is 0 Å². The summed E-state index contributed by atoms with van der Waals surface area (Å²) in [4.78, 5) is 0. The Balaban J connectivity index is -0.000000500. The van der Waals surface area contributed by atoms with E-state index >= 15 is 0 Å². The standard InChI is InChI=1S/C9H19OSi.BrH.Mg/c1-6-8-11(5,7-2)10-9(3)4;;/h7,9H,1-2,6,8H2,3-5H3;1H;/q-1;;+2/p-1. The second-order valence-corrected chi connectivity index (χ2v) is 7.06. The van der Waals surface area contributed by atoms with E-state index in [1.807, 2.05) is 5.70 Å². The van der Waals surface area contributed by atoms with Crippen LogP contribution in [0.1, 0.15) is 20.3 Å². The fraction of sp³-hybridized carbons (Fsp3) is 0.667. The smallest absolute Gasteiger partial charge is 1.00 e. The van der Waals surface area contributed by atoms with Crippen LogP contribution in [0.15, 0.2) is 12.3 Å². The molecule has 4 heteroatoms. The molecular weight excluding hydrogens is 256 g/mol. The molecule has 0 radical (unpaired) electrons. The number of hydrogen-bond donors (Lipinski definition) is 0. The summed E-state index contributed by atoms with van der Waals surface area (Å²) < 4.78 is 5.81. The summed E-state index contributed by atoms with van der Waals surface area (Å²) in [5, 5.41) is 0. The monoisotopic (exact) mass is 274 g/mol. The van der Waals surface area contributed by atoms with Gasteiger partial charge < -0.3 is 28.3 Å². The normalized spacial score (nSPS) is 13.9. The zero-order valence-corrected chi connectivity index (χ0v) is 13.0. The van der Waals surface area contributed by atoms with Gasteiger partial charge in [0, 0.05) is 6.10 Å². The molecular formula is C9H19BrMgOSi. The van der Waals surface area contributed by atoms with Crippen LogP contribution in [0.5, 0.6) is 0 Å². The van der Waals surface area contributed by atoms with E-state index < -0.39 is 8.32 Å². The van der Waals surface area contributed by atoms with E-state index in [9.17, 15) is 0 Å². The van der Waals surface area contributed by atoms with E-state index in [4.69, 9.17) is 4.43 Å². The van der Waals surface area contributed by atoms with Crippen molar-refractivity contribution < 1.29 is 21.4 Å². The van der Waals surface area contributed by atoms with Gasteiger partial charge in [0.25, 0.3) is 0 Å². The quantitative estimate of drug-likeness (QED) is 0.488. The maximum absolute atomic E-state index is 5.81. The molecule has 0 aliphatic heterocycles. The molecule has 1 nitrogen and oxygen atoms in total. The number of halogens is 1. The van der Waals surface area contributed by atoms with E-state index in [2.05, 4.69) is 33.9 Å². The van der Waals surface area contributed by atoms with Gasteiger partial charge in [-0.1, -0.05) is 11.7 Å². The molecule has 0 saturated carbocycles. The average Bonchev–Trinajstić information content (AvgIpc) is 1.87. The van der Waals surface area contributed by atoms with E-state index in [-0.39, 0.29) is 40.0 Å². The van der Waals surface area contributed by atoms with Gasteiger partial charge >= 0.3 is 23.1 Å². The third kappa shape index (κ3) is 9.47. The van der Waals surface area contributed by atoms with Crippen molar-refractivity contribution in [2.75, 3.05) is 0 Å². The summed E-state index contributed by atoms with van der Waals surface area (Å²) in [6.07, 6.45) is 1.26. The van der Waals surface area contributed by atoms with Crippen molar-refractivity contribution in [1.29, 1.82) is 0 Å². The summed E-state index contributed by atoms with van der Waals surface area (Å²) >= 11 is 0. The van der Waals surface area contributed by atoms with Crippen LogP contribution in [0.3, 0.4) is 0 Å². The summed E-state index contributed by atoms with van der Waals surface area (Å²) in [7, 11) is -1.59. The first kappa shape index (κ1) is 19.7. The Bertz CT molecular complexity index is 133. The van der Waals surface area contributed by atoms with Crippen LogP contribution < -0.4 is 17.0 Å². The Morgan fingerprint density at radius 1 is 1.54 bits per heavy atom. The zero-order valence-electron chi connectivity index (χ0n) is 8.98. The number of hydrogen-bond acceptors (Lipinski definition) is 1. The van der Waals surface area contributed by atoms with Gasteiger partial charge in [-0.2, -0.15) is 6.42 Å². The second-order valence-electron chi connectivity index (χ2n) is 3.29. The van der Waals surface area contributed by atoms with Crippen LogP contribution in [0.4, 0.5) is 0 Å². The van der Waals surface area contributed by atoms with Crippen molar-refractivity contribution in [3.63, 3.8) is 0 Å². The number of rotatable bonds is 5. The molecule has 74 valence electrons. The predicted octanol–water partition coefficient (Wildman–Crippen LogP) is -0.441. The molecule has 0 aromatic carbocycles. The van der Waals surface area contributed by atoms with E-state index in [0.29, 0.717) is 6.10 Å². The maximum atomic E-state index is 5.81. The van der Waals surface area contributed by atoms with Crippen LogP contribution in [0.25, 0.3) is 0 Å². The van der Waals surface area contributed by atoms with Crippen LogP contribution in [0.2, 0.25) is 12.6 Å². The molecule has 0 rings (SSSR count). The molecule has 0 spiro atoms. The predicted molar refractivity (Wildman–Crippen MR) is 58.6 cm³/mol. The van der Waals surface area contributed by atoms with Crippen LogP contribution in [-0.2, 0) is 4.43 Å². The first-order valence-corrected chi connectivity index (χ1v) is 6.84. The van der Waals surface area contributed by atoms with E-state index in [1.54, 1.807) is 0 Å². The fourth-order valence-electron chi connectivity index (χ4n) is 1.10. The maximum Gasteiger partial charge on any atom is 2.00 e. The summed E-state index contributed by atoms with van der Waals surface area (Å²) in [5.74, 6) is 0. The average molecular weight is 276 g/mol. The first-order valence-electron chi connectivity index (χ1n) is 4.15. The van der Waals surface area contributed by atoms with Gasteiger partial charge in [0.05, 0.1) is 0 Å². The van der Waals surface area contributed by atoms with Gasteiger partial charge in [-0.25, -0.2) is 0 Å². The SMILES string of the molecule is C=C[Si](C)(CC[CH2-])OC(C)C.[Br-].[Mg+2]. The van der Waals surface area contributed by atoms with Crippen molar-refractivity contribution in [2.45, 2.75) is 39.0 Å². The van der Waals surface area contributed by atoms with Crippen molar-refractivity contribution in [1.82, 2.24) is 0 Å². The van der Waals surface area contributed by atoms with Gasteiger partial charge in [0.1, 0.15) is 0 Å². The van der Waals surface area contributed by atoms with Crippen molar-refractivity contribution in [3.8, 4) is 0 Å². The second kappa shape index (κ2) is 9.71. The van der Waals surface area contributed by atoms with Gasteiger partial charge in [-0.05, 0) is 20.4 Å². The third-order valence-corrected chi connectivity index (χ3v) is 4.83. The largest absolute Gasteiger partial charge is 2.00 e. The molecule has 0 fully saturated rings. The van der Waals surface area contributed by atoms with E-state index in [1.165, 1.54) is 0 Å². The Morgan fingerprint density at radius 3 is 2.23 bits per heavy atom. The Labute approximate surface area is 110 Å². The molecule has 13 heavy (non-hydrogen) atoms. The summed E-state index contributed by atoms with van der Waals surface area (Å²) in [5.41, 5.74) is 2.00. The molecule has 0 heterocycles. The molecule has 0 aromatic rings. The molecule has 0 bridgehead atoms. The minimum atomic E-state index is -1.59. The van der Waals surface area contributed by atoms with Gasteiger partial charge in [-0.15, -0.1) is 6.58 Å². The third-order valence-electron chi connectivity index (χ3n) is 1.61. The molecule has 1 atom stereocenters. The Hall–Kier alpha value is 1.16. The fourth-order valence-corrected chi connectivity index (χ4v) is 3.30. The summed E-state index contributed by atoms with van der Waals surface area (Å²) in [6.45, 7) is 14.0. The van der Waals surface area contributed by atoms with Gasteiger partial charge in [0.2, 0.25) is 8.32 Å². The minimum absolute atomic E-state index is 0. The minimum Gasteiger partial charge on any atom is -1.00 e. The molecule has 0 saturated heterocycles. The van der Waals surface area contributed by atoms with Crippen LogP contribution >= 0.6 is 0 Å². The molecule has 1 unspecified atom stereocenters. The summed E-state index contributed by atoms with van der Waals surface area (Å²) in [6, 6.07) is 1.08. The van der Waals surface area contributed by atoms with Gasteiger partial charge in [-0.3, -0.25) is 0 Å². The Kier molecular flexibility index (Phi) is 14.7.